The molecular weight excluding hydrogens is 258 g/mol. The van der Waals surface area contributed by atoms with E-state index in [1.807, 2.05) is 24.3 Å². The Balaban J connectivity index is 1.87. The van der Waals surface area contributed by atoms with Crippen LogP contribution in [0.5, 0.6) is 5.75 Å². The van der Waals surface area contributed by atoms with E-state index in [1.165, 1.54) is 6.08 Å². The van der Waals surface area contributed by atoms with Gasteiger partial charge >= 0.3 is 5.97 Å². The highest BCUT2D eigenvalue weighted by Crippen LogP contribution is 2.25. The van der Waals surface area contributed by atoms with Gasteiger partial charge in [0.15, 0.2) is 5.75 Å². The van der Waals surface area contributed by atoms with Crippen LogP contribution in [0, 0.1) is 0 Å². The van der Waals surface area contributed by atoms with Crippen LogP contribution >= 0.6 is 0 Å². The summed E-state index contributed by atoms with van der Waals surface area (Å²) in [6, 6.07) is 7.36. The lowest BCUT2D eigenvalue weighted by atomic mass is 10.1. The molecule has 0 saturated heterocycles. The number of carbonyl (C=O) groups is 3. The molecule has 1 aliphatic carbocycles. The topological polar surface area (TPSA) is 76.2 Å². The number of H-pyrrole nitrogens is 1. The summed E-state index contributed by atoms with van der Waals surface area (Å²) in [5.41, 5.74) is 0.898. The highest BCUT2D eigenvalue weighted by Gasteiger charge is 2.20. The average Bonchev–Trinajstić information content (AvgIpc) is 2.85. The largest absolute Gasteiger partial charge is 0.421 e. The first kappa shape index (κ1) is 12.1. The standard InChI is InChI=1S/C15H9NO4/c17-12-6-5-9(7-13(12)18)15(19)20-14-8-16-11-4-2-1-3-10(11)14/h1-8,16H. The van der Waals surface area contributed by atoms with Gasteiger partial charge in [-0.3, -0.25) is 9.59 Å². The molecule has 98 valence electrons. The molecule has 0 spiro atoms. The van der Waals surface area contributed by atoms with Crippen LogP contribution in [0.15, 0.2) is 54.3 Å². The van der Waals surface area contributed by atoms with Gasteiger partial charge in [-0.25, -0.2) is 4.79 Å². The van der Waals surface area contributed by atoms with Crippen molar-refractivity contribution in [1.29, 1.82) is 0 Å². The Labute approximate surface area is 113 Å². The summed E-state index contributed by atoms with van der Waals surface area (Å²) >= 11 is 0. The van der Waals surface area contributed by atoms with E-state index in [1.54, 1.807) is 6.20 Å². The Hall–Kier alpha value is -2.95. The molecule has 2 aromatic rings. The van der Waals surface area contributed by atoms with Crippen LogP contribution in [0.1, 0.15) is 0 Å². The number of hydrogen-bond donors (Lipinski definition) is 1. The fourth-order valence-corrected chi connectivity index (χ4v) is 1.92. The maximum atomic E-state index is 11.9. The van der Waals surface area contributed by atoms with Crippen molar-refractivity contribution in [2.24, 2.45) is 0 Å². The Morgan fingerprint density at radius 1 is 1.05 bits per heavy atom. The second kappa shape index (κ2) is 4.62. The van der Waals surface area contributed by atoms with Gasteiger partial charge in [0.1, 0.15) is 0 Å². The summed E-state index contributed by atoms with van der Waals surface area (Å²) in [6.07, 6.45) is 4.90. The number of aromatic amines is 1. The number of allylic oxidation sites excluding steroid dienone is 2. The number of hydrogen-bond acceptors (Lipinski definition) is 4. The number of fused-ring (bicyclic) bond motifs is 1. The van der Waals surface area contributed by atoms with E-state index in [0.29, 0.717) is 5.75 Å². The number of rotatable bonds is 2. The molecule has 1 aromatic heterocycles. The van der Waals surface area contributed by atoms with Crippen molar-refractivity contribution in [2.45, 2.75) is 0 Å². The van der Waals surface area contributed by atoms with Crippen molar-refractivity contribution in [3.63, 3.8) is 0 Å². The molecule has 0 atom stereocenters. The van der Waals surface area contributed by atoms with Gasteiger partial charge in [0, 0.05) is 23.2 Å². The molecule has 5 nitrogen and oxygen atoms in total. The van der Waals surface area contributed by atoms with Gasteiger partial charge in [-0.05, 0) is 24.3 Å². The van der Waals surface area contributed by atoms with Crippen LogP contribution in [0.3, 0.4) is 0 Å². The molecule has 0 aliphatic heterocycles. The monoisotopic (exact) mass is 267 g/mol. The van der Waals surface area contributed by atoms with E-state index in [0.717, 1.165) is 23.1 Å². The lowest BCUT2D eigenvalue weighted by Crippen LogP contribution is -2.18. The molecule has 1 aromatic carbocycles. The molecule has 1 aliphatic rings. The zero-order valence-electron chi connectivity index (χ0n) is 10.3. The molecule has 0 radical (unpaired) electrons. The van der Waals surface area contributed by atoms with E-state index in [2.05, 4.69) is 4.98 Å². The fourth-order valence-electron chi connectivity index (χ4n) is 1.92. The molecule has 0 unspecified atom stereocenters. The highest BCUT2D eigenvalue weighted by molar-refractivity contribution is 6.47. The lowest BCUT2D eigenvalue weighted by Gasteiger charge is -2.05. The molecule has 1 heterocycles. The highest BCUT2D eigenvalue weighted by atomic mass is 16.5. The van der Waals surface area contributed by atoms with Crippen molar-refractivity contribution in [3.8, 4) is 5.75 Å². The van der Waals surface area contributed by atoms with E-state index in [-0.39, 0.29) is 5.57 Å². The summed E-state index contributed by atoms with van der Waals surface area (Å²) in [5, 5.41) is 0.767. The van der Waals surface area contributed by atoms with E-state index < -0.39 is 17.5 Å². The minimum atomic E-state index is -0.724. The zero-order chi connectivity index (χ0) is 14.1. The van der Waals surface area contributed by atoms with Gasteiger partial charge in [-0.15, -0.1) is 0 Å². The van der Waals surface area contributed by atoms with Crippen molar-refractivity contribution >= 4 is 28.4 Å². The van der Waals surface area contributed by atoms with Gasteiger partial charge in [0.2, 0.25) is 11.6 Å². The van der Waals surface area contributed by atoms with Gasteiger partial charge in [0.05, 0.1) is 5.57 Å². The van der Waals surface area contributed by atoms with E-state index >= 15 is 0 Å². The predicted octanol–water partition coefficient (Wildman–Crippen LogP) is 1.71. The number of aromatic nitrogens is 1. The van der Waals surface area contributed by atoms with Crippen LogP contribution < -0.4 is 4.74 Å². The average molecular weight is 267 g/mol. The SMILES string of the molecule is O=C1C=CC(C(=O)Oc2c[nH]c3ccccc23)=CC1=O. The number of ether oxygens (including phenoxy) is 1. The van der Waals surface area contributed by atoms with Crippen LogP contribution in [-0.2, 0) is 14.4 Å². The Kier molecular flexibility index (Phi) is 2.80. The van der Waals surface area contributed by atoms with Crippen molar-refractivity contribution in [3.05, 3.63) is 54.3 Å². The minimum Gasteiger partial charge on any atom is -0.421 e. The summed E-state index contributed by atoms with van der Waals surface area (Å²) in [7, 11) is 0. The second-order valence-corrected chi connectivity index (χ2v) is 4.25. The predicted molar refractivity (Wildman–Crippen MR) is 71.2 cm³/mol. The van der Waals surface area contributed by atoms with Gasteiger partial charge in [-0.2, -0.15) is 0 Å². The maximum Gasteiger partial charge on any atom is 0.343 e. The summed E-state index contributed by atoms with van der Waals surface area (Å²) in [5.74, 6) is -1.66. The molecule has 0 fully saturated rings. The first-order valence-corrected chi connectivity index (χ1v) is 5.91. The number of ketones is 2. The second-order valence-electron chi connectivity index (χ2n) is 4.25. The van der Waals surface area contributed by atoms with E-state index in [9.17, 15) is 14.4 Å². The molecule has 3 rings (SSSR count). The molecule has 5 heteroatoms. The smallest absolute Gasteiger partial charge is 0.343 e. The Morgan fingerprint density at radius 3 is 2.65 bits per heavy atom. The first-order valence-electron chi connectivity index (χ1n) is 5.91. The minimum absolute atomic E-state index is 0.0554. The van der Waals surface area contributed by atoms with Crippen LogP contribution in [0.4, 0.5) is 0 Å². The van der Waals surface area contributed by atoms with E-state index in [4.69, 9.17) is 4.74 Å². The molecule has 0 amide bonds. The lowest BCUT2D eigenvalue weighted by molar-refractivity contribution is -0.132. The number of nitrogens with one attached hydrogen (secondary N) is 1. The molecular formula is C15H9NO4. The number of para-hydroxylation sites is 1. The third-order valence-electron chi connectivity index (χ3n) is 2.93. The third kappa shape index (κ3) is 2.05. The summed E-state index contributed by atoms with van der Waals surface area (Å²) in [4.78, 5) is 37.2. The zero-order valence-corrected chi connectivity index (χ0v) is 10.3. The van der Waals surface area contributed by atoms with Crippen LogP contribution in [0.2, 0.25) is 0 Å². The van der Waals surface area contributed by atoms with Gasteiger partial charge in [0.25, 0.3) is 0 Å². The van der Waals surface area contributed by atoms with Crippen molar-refractivity contribution < 1.29 is 19.1 Å². The van der Waals surface area contributed by atoms with Crippen molar-refractivity contribution in [1.82, 2.24) is 4.98 Å². The van der Waals surface area contributed by atoms with Crippen LogP contribution in [-0.4, -0.2) is 22.5 Å². The number of esters is 1. The van der Waals surface area contributed by atoms with Gasteiger partial charge in [-0.1, -0.05) is 12.1 Å². The third-order valence-corrected chi connectivity index (χ3v) is 2.93. The number of benzene rings is 1. The molecule has 20 heavy (non-hydrogen) atoms. The number of carbonyl (C=O) groups excluding carboxylic acids is 3. The van der Waals surface area contributed by atoms with Crippen LogP contribution in [0.25, 0.3) is 10.9 Å². The molecule has 0 saturated carbocycles. The fraction of sp³-hybridized carbons (Fsp3) is 0. The summed E-state index contributed by atoms with van der Waals surface area (Å²) < 4.78 is 5.24. The Bertz CT molecular complexity index is 795. The normalized spacial score (nSPS) is 14.5. The summed E-state index contributed by atoms with van der Waals surface area (Å²) in [6.45, 7) is 0. The first-order chi connectivity index (χ1) is 9.65. The molecule has 1 N–H and O–H groups in total. The Morgan fingerprint density at radius 2 is 1.85 bits per heavy atom. The molecule has 0 bridgehead atoms. The quantitative estimate of drug-likeness (QED) is 0.510. The van der Waals surface area contributed by atoms with Gasteiger partial charge < -0.3 is 9.72 Å². The maximum absolute atomic E-state index is 11.9. The van der Waals surface area contributed by atoms with Crippen molar-refractivity contribution in [2.75, 3.05) is 0 Å².